The zero-order valence-corrected chi connectivity index (χ0v) is 12.8. The first-order valence-corrected chi connectivity index (χ1v) is 7.26. The molecule has 0 fully saturated rings. The van der Waals surface area contributed by atoms with Gasteiger partial charge in [-0.25, -0.2) is 4.98 Å². The van der Waals surface area contributed by atoms with Crippen molar-refractivity contribution < 1.29 is 9.47 Å². The lowest BCUT2D eigenvalue weighted by Gasteiger charge is -2.10. The average Bonchev–Trinajstić information content (AvgIpc) is 2.48. The highest BCUT2D eigenvalue weighted by molar-refractivity contribution is 5.34. The van der Waals surface area contributed by atoms with E-state index in [1.807, 2.05) is 43.3 Å². The Labute approximate surface area is 126 Å². The number of ether oxygens (including phenoxy) is 2. The van der Waals surface area contributed by atoms with E-state index in [0.717, 1.165) is 23.6 Å². The number of hydrogen-bond donors (Lipinski definition) is 1. The molecule has 112 valence electrons. The maximum absolute atomic E-state index is 5.76. The minimum Gasteiger partial charge on any atom is -0.494 e. The molecule has 0 saturated carbocycles. The van der Waals surface area contributed by atoms with Gasteiger partial charge in [-0.1, -0.05) is 13.8 Å². The van der Waals surface area contributed by atoms with Crippen LogP contribution in [-0.4, -0.2) is 17.6 Å². The highest BCUT2D eigenvalue weighted by Gasteiger charge is 2.02. The van der Waals surface area contributed by atoms with Crippen LogP contribution in [0, 0.1) is 0 Å². The summed E-state index contributed by atoms with van der Waals surface area (Å²) < 4.78 is 11.2. The molecular formula is C17H22N2O2. The van der Waals surface area contributed by atoms with Crippen LogP contribution in [-0.2, 0) is 6.54 Å². The summed E-state index contributed by atoms with van der Waals surface area (Å²) in [5.74, 6) is 2.19. The minimum absolute atomic E-state index is 0.452. The molecular weight excluding hydrogens is 264 g/mol. The molecule has 1 aromatic carbocycles. The predicted molar refractivity (Wildman–Crippen MR) is 83.9 cm³/mol. The van der Waals surface area contributed by atoms with Gasteiger partial charge >= 0.3 is 0 Å². The van der Waals surface area contributed by atoms with Crippen LogP contribution < -0.4 is 14.8 Å². The van der Waals surface area contributed by atoms with Gasteiger partial charge in [-0.15, -0.1) is 0 Å². The van der Waals surface area contributed by atoms with Crippen LogP contribution in [0.5, 0.6) is 17.4 Å². The zero-order chi connectivity index (χ0) is 15.1. The van der Waals surface area contributed by atoms with Crippen LogP contribution in [0.1, 0.15) is 26.3 Å². The van der Waals surface area contributed by atoms with E-state index in [1.165, 1.54) is 0 Å². The van der Waals surface area contributed by atoms with E-state index in [4.69, 9.17) is 9.47 Å². The summed E-state index contributed by atoms with van der Waals surface area (Å²) in [6.07, 6.45) is 1.77. The van der Waals surface area contributed by atoms with E-state index in [2.05, 4.69) is 24.1 Å². The van der Waals surface area contributed by atoms with Crippen LogP contribution in [0.25, 0.3) is 0 Å². The highest BCUT2D eigenvalue weighted by atomic mass is 16.5. The third kappa shape index (κ3) is 5.08. The van der Waals surface area contributed by atoms with Crippen LogP contribution in [0.3, 0.4) is 0 Å². The summed E-state index contributed by atoms with van der Waals surface area (Å²) in [7, 11) is 0. The maximum Gasteiger partial charge on any atom is 0.219 e. The van der Waals surface area contributed by atoms with Gasteiger partial charge < -0.3 is 14.8 Å². The molecule has 21 heavy (non-hydrogen) atoms. The number of pyridine rings is 1. The van der Waals surface area contributed by atoms with Crippen molar-refractivity contribution in [2.75, 3.05) is 6.61 Å². The fourth-order valence-corrected chi connectivity index (χ4v) is 1.83. The quantitative estimate of drug-likeness (QED) is 0.841. The third-order valence-electron chi connectivity index (χ3n) is 2.87. The Bertz CT molecular complexity index is 553. The first-order valence-electron chi connectivity index (χ1n) is 7.26. The van der Waals surface area contributed by atoms with Gasteiger partial charge in [-0.05, 0) is 42.8 Å². The van der Waals surface area contributed by atoms with Crippen molar-refractivity contribution in [1.82, 2.24) is 10.3 Å². The Hall–Kier alpha value is -2.07. The summed E-state index contributed by atoms with van der Waals surface area (Å²) in [4.78, 5) is 4.24. The predicted octanol–water partition coefficient (Wildman–Crippen LogP) is 3.77. The second kappa shape index (κ2) is 7.64. The average molecular weight is 286 g/mol. The first-order chi connectivity index (χ1) is 10.2. The third-order valence-corrected chi connectivity index (χ3v) is 2.87. The molecule has 1 aromatic heterocycles. The summed E-state index contributed by atoms with van der Waals surface area (Å²) >= 11 is 0. The SMILES string of the molecule is CCOc1ccc(Oc2cc(CNC(C)C)ccn2)cc1. The molecule has 0 saturated heterocycles. The second-order valence-corrected chi connectivity index (χ2v) is 5.04. The zero-order valence-electron chi connectivity index (χ0n) is 12.8. The molecule has 0 spiro atoms. The minimum atomic E-state index is 0.452. The fraction of sp³-hybridized carbons (Fsp3) is 0.353. The van der Waals surface area contributed by atoms with E-state index < -0.39 is 0 Å². The first kappa shape index (κ1) is 15.3. The van der Waals surface area contributed by atoms with Gasteiger partial charge in [-0.2, -0.15) is 0 Å². The van der Waals surface area contributed by atoms with Gasteiger partial charge in [0.05, 0.1) is 6.61 Å². The Morgan fingerprint density at radius 3 is 2.48 bits per heavy atom. The number of rotatable bonds is 7. The lowest BCUT2D eigenvalue weighted by atomic mass is 10.2. The van der Waals surface area contributed by atoms with E-state index >= 15 is 0 Å². The number of nitrogens with one attached hydrogen (secondary N) is 1. The molecule has 0 aliphatic rings. The van der Waals surface area contributed by atoms with Crippen molar-refractivity contribution in [2.24, 2.45) is 0 Å². The summed E-state index contributed by atoms with van der Waals surface area (Å²) in [5.41, 5.74) is 1.15. The molecule has 1 N–H and O–H groups in total. The van der Waals surface area contributed by atoms with Gasteiger partial charge in [-0.3, -0.25) is 0 Å². The molecule has 1 heterocycles. The number of aromatic nitrogens is 1. The fourth-order valence-electron chi connectivity index (χ4n) is 1.83. The Morgan fingerprint density at radius 2 is 1.81 bits per heavy atom. The maximum atomic E-state index is 5.76. The molecule has 2 rings (SSSR count). The Kier molecular flexibility index (Phi) is 5.58. The van der Waals surface area contributed by atoms with Crippen LogP contribution in [0.15, 0.2) is 42.6 Å². The number of hydrogen-bond acceptors (Lipinski definition) is 4. The van der Waals surface area contributed by atoms with Crippen molar-refractivity contribution in [3.8, 4) is 17.4 Å². The molecule has 4 nitrogen and oxygen atoms in total. The van der Waals surface area contributed by atoms with Gasteiger partial charge in [0.2, 0.25) is 5.88 Å². The lowest BCUT2D eigenvalue weighted by Crippen LogP contribution is -2.21. The summed E-state index contributed by atoms with van der Waals surface area (Å²) in [5, 5.41) is 3.37. The molecule has 0 bridgehead atoms. The molecule has 0 aliphatic carbocycles. The monoisotopic (exact) mass is 286 g/mol. The van der Waals surface area contributed by atoms with Crippen molar-refractivity contribution >= 4 is 0 Å². The summed E-state index contributed by atoms with van der Waals surface area (Å²) in [6.45, 7) is 7.68. The topological polar surface area (TPSA) is 43.4 Å². The molecule has 4 heteroatoms. The van der Waals surface area contributed by atoms with Gasteiger partial charge in [0, 0.05) is 24.8 Å². The van der Waals surface area contributed by atoms with Crippen molar-refractivity contribution in [2.45, 2.75) is 33.4 Å². The van der Waals surface area contributed by atoms with Crippen LogP contribution in [0.4, 0.5) is 0 Å². The Morgan fingerprint density at radius 1 is 1.10 bits per heavy atom. The van der Waals surface area contributed by atoms with Gasteiger partial charge in [0.15, 0.2) is 0 Å². The van der Waals surface area contributed by atoms with Crippen LogP contribution >= 0.6 is 0 Å². The smallest absolute Gasteiger partial charge is 0.219 e. The van der Waals surface area contributed by atoms with Crippen molar-refractivity contribution in [3.05, 3.63) is 48.2 Å². The van der Waals surface area contributed by atoms with Crippen molar-refractivity contribution in [3.63, 3.8) is 0 Å². The van der Waals surface area contributed by atoms with E-state index in [0.29, 0.717) is 18.5 Å². The van der Waals surface area contributed by atoms with E-state index in [1.54, 1.807) is 6.20 Å². The Balaban J connectivity index is 2.00. The summed E-state index contributed by atoms with van der Waals surface area (Å²) in [6, 6.07) is 11.9. The standard InChI is InChI=1S/C17H22N2O2/c1-4-20-15-5-7-16(8-6-15)21-17-11-14(9-10-18-17)12-19-13(2)3/h5-11,13,19H,4,12H2,1-3H3. The molecule has 2 aromatic rings. The van der Waals surface area contributed by atoms with E-state index in [-0.39, 0.29) is 0 Å². The largest absolute Gasteiger partial charge is 0.494 e. The second-order valence-electron chi connectivity index (χ2n) is 5.04. The number of benzene rings is 1. The van der Waals surface area contributed by atoms with Crippen molar-refractivity contribution in [1.29, 1.82) is 0 Å². The molecule has 0 unspecified atom stereocenters. The molecule has 0 aliphatic heterocycles. The highest BCUT2D eigenvalue weighted by Crippen LogP contribution is 2.23. The molecule has 0 radical (unpaired) electrons. The number of nitrogens with zero attached hydrogens (tertiary/aromatic N) is 1. The van der Waals surface area contributed by atoms with Crippen LogP contribution in [0.2, 0.25) is 0 Å². The molecule has 0 amide bonds. The normalized spacial score (nSPS) is 10.7. The van der Waals surface area contributed by atoms with Gasteiger partial charge in [0.1, 0.15) is 11.5 Å². The molecule has 0 atom stereocenters. The lowest BCUT2D eigenvalue weighted by molar-refractivity contribution is 0.339. The van der Waals surface area contributed by atoms with Gasteiger partial charge in [0.25, 0.3) is 0 Å². The van der Waals surface area contributed by atoms with E-state index in [9.17, 15) is 0 Å².